The Morgan fingerprint density at radius 1 is 0.969 bits per heavy atom. The maximum Gasteiger partial charge on any atom is 0.293 e. The molecular weight excluding hydrogens is 406 g/mol. The van der Waals surface area contributed by atoms with Crippen molar-refractivity contribution < 1.29 is 4.79 Å². The molecule has 2 fully saturated rings. The van der Waals surface area contributed by atoms with E-state index in [1.54, 1.807) is 10.8 Å². The summed E-state index contributed by atoms with van der Waals surface area (Å²) in [6, 6.07) is 4.89. The number of aromatic nitrogens is 6. The fourth-order valence-electron chi connectivity index (χ4n) is 4.49. The Balaban J connectivity index is 1.30. The summed E-state index contributed by atoms with van der Waals surface area (Å²) in [5, 5.41) is 4.41. The summed E-state index contributed by atoms with van der Waals surface area (Å²) in [6.07, 6.45) is 5.82. The van der Waals surface area contributed by atoms with Gasteiger partial charge in [-0.15, -0.1) is 5.10 Å². The molecule has 3 aromatic heterocycles. The van der Waals surface area contributed by atoms with Gasteiger partial charge in [0.15, 0.2) is 0 Å². The summed E-state index contributed by atoms with van der Waals surface area (Å²) in [5.41, 5.74) is 1.78. The number of carbonyl (C=O) groups excluding carboxylic acids is 1. The first kappa shape index (κ1) is 20.6. The number of rotatable bonds is 5. The van der Waals surface area contributed by atoms with Gasteiger partial charge in [0.05, 0.1) is 0 Å². The number of nitrogens with zero attached hydrogens (tertiary/aromatic N) is 9. The van der Waals surface area contributed by atoms with Gasteiger partial charge < -0.3 is 14.7 Å². The molecule has 5 rings (SSSR count). The number of amides is 1. The third-order valence-electron chi connectivity index (χ3n) is 6.26. The van der Waals surface area contributed by atoms with Crippen molar-refractivity contribution in [1.82, 2.24) is 34.4 Å². The fraction of sp³-hybridized carbons (Fsp3) is 0.545. The molecule has 0 N–H and O–H groups in total. The van der Waals surface area contributed by atoms with E-state index in [4.69, 9.17) is 0 Å². The van der Waals surface area contributed by atoms with E-state index < -0.39 is 0 Å². The molecule has 10 heteroatoms. The Labute approximate surface area is 187 Å². The molecule has 4 heterocycles. The number of aryl methyl sites for hydroxylation is 2. The zero-order valence-corrected chi connectivity index (χ0v) is 19.1. The topological polar surface area (TPSA) is 95.7 Å². The van der Waals surface area contributed by atoms with E-state index in [-0.39, 0.29) is 11.7 Å². The summed E-state index contributed by atoms with van der Waals surface area (Å²) in [4.78, 5) is 37.1. The Morgan fingerprint density at radius 3 is 2.34 bits per heavy atom. The molecule has 1 saturated carbocycles. The van der Waals surface area contributed by atoms with Gasteiger partial charge in [-0.1, -0.05) is 0 Å². The van der Waals surface area contributed by atoms with Crippen LogP contribution in [0.1, 0.15) is 47.7 Å². The third-order valence-corrected chi connectivity index (χ3v) is 6.26. The highest BCUT2D eigenvalue weighted by Crippen LogP contribution is 2.36. The van der Waals surface area contributed by atoms with E-state index in [9.17, 15) is 4.79 Å². The fourth-order valence-corrected chi connectivity index (χ4v) is 4.49. The Morgan fingerprint density at radius 2 is 1.66 bits per heavy atom. The van der Waals surface area contributed by atoms with Crippen LogP contribution < -0.4 is 9.80 Å². The molecule has 1 aliphatic carbocycles. The zero-order chi connectivity index (χ0) is 22.4. The van der Waals surface area contributed by atoms with Crippen molar-refractivity contribution in [3.63, 3.8) is 0 Å². The molecule has 0 radical (unpaired) electrons. The highest BCUT2D eigenvalue weighted by Gasteiger charge is 2.37. The predicted molar refractivity (Wildman–Crippen MR) is 121 cm³/mol. The number of anilines is 2. The molecule has 2 aliphatic rings. The second-order valence-corrected chi connectivity index (χ2v) is 8.98. The molecule has 0 aromatic carbocycles. The minimum atomic E-state index is -0.124. The zero-order valence-electron chi connectivity index (χ0n) is 19.1. The van der Waals surface area contributed by atoms with Crippen LogP contribution in [0.25, 0.3) is 5.78 Å². The quantitative estimate of drug-likeness (QED) is 0.599. The molecule has 168 valence electrons. The van der Waals surface area contributed by atoms with Crippen molar-refractivity contribution in [1.29, 1.82) is 0 Å². The van der Waals surface area contributed by atoms with Gasteiger partial charge in [0.2, 0.25) is 5.82 Å². The smallest absolute Gasteiger partial charge is 0.293 e. The number of hydrogen-bond donors (Lipinski definition) is 0. The van der Waals surface area contributed by atoms with Crippen LogP contribution in [0.2, 0.25) is 0 Å². The van der Waals surface area contributed by atoms with Crippen LogP contribution in [0.4, 0.5) is 11.6 Å². The maximum absolute atomic E-state index is 13.1. The van der Waals surface area contributed by atoms with Crippen LogP contribution in [0.5, 0.6) is 0 Å². The van der Waals surface area contributed by atoms with Crippen molar-refractivity contribution in [3.8, 4) is 0 Å². The van der Waals surface area contributed by atoms with Crippen LogP contribution in [-0.2, 0) is 0 Å². The van der Waals surface area contributed by atoms with Crippen molar-refractivity contribution in [2.45, 2.75) is 51.6 Å². The van der Waals surface area contributed by atoms with Crippen molar-refractivity contribution in [3.05, 3.63) is 35.7 Å². The SMILES string of the molecule is Cc1cc(C)n2nc(C(=O)N3CCC(N(c4cc(N(C)C)ncn4)C4CC4)CC3)nc2n1. The molecule has 0 unspecified atom stereocenters. The third kappa shape index (κ3) is 3.85. The highest BCUT2D eigenvalue weighted by molar-refractivity contribution is 5.91. The van der Waals surface area contributed by atoms with Gasteiger partial charge in [-0.3, -0.25) is 4.79 Å². The first-order valence-electron chi connectivity index (χ1n) is 11.2. The molecule has 32 heavy (non-hydrogen) atoms. The summed E-state index contributed by atoms with van der Waals surface area (Å²) >= 11 is 0. The average molecular weight is 436 g/mol. The van der Waals surface area contributed by atoms with Gasteiger partial charge in [0, 0.05) is 56.7 Å². The number of piperidine rings is 1. The van der Waals surface area contributed by atoms with Crippen molar-refractivity contribution in [2.24, 2.45) is 0 Å². The summed E-state index contributed by atoms with van der Waals surface area (Å²) in [7, 11) is 3.98. The van der Waals surface area contributed by atoms with Crippen LogP contribution in [0.3, 0.4) is 0 Å². The molecule has 3 aromatic rings. The monoisotopic (exact) mass is 435 g/mol. The molecule has 0 spiro atoms. The second kappa shape index (κ2) is 7.99. The lowest BCUT2D eigenvalue weighted by atomic mass is 10.0. The van der Waals surface area contributed by atoms with E-state index in [0.29, 0.717) is 31.0 Å². The molecule has 1 aliphatic heterocycles. The average Bonchev–Trinajstić information content (AvgIpc) is 3.51. The predicted octanol–water partition coefficient (Wildman–Crippen LogP) is 1.87. The summed E-state index contributed by atoms with van der Waals surface area (Å²) in [5.74, 6) is 2.46. The first-order chi connectivity index (χ1) is 15.4. The van der Waals surface area contributed by atoms with Crippen LogP contribution in [-0.4, -0.2) is 79.6 Å². The Bertz CT molecular complexity index is 1150. The molecule has 1 saturated heterocycles. The number of carbonyl (C=O) groups is 1. The summed E-state index contributed by atoms with van der Waals surface area (Å²) < 4.78 is 1.64. The van der Waals surface area contributed by atoms with E-state index in [2.05, 4.69) is 36.0 Å². The van der Waals surface area contributed by atoms with Crippen molar-refractivity contribution in [2.75, 3.05) is 37.0 Å². The summed E-state index contributed by atoms with van der Waals surface area (Å²) in [6.45, 7) is 5.22. The van der Waals surface area contributed by atoms with E-state index in [1.165, 1.54) is 12.8 Å². The first-order valence-corrected chi connectivity index (χ1v) is 11.2. The number of likely N-dealkylation sites (tertiary alicyclic amines) is 1. The number of hydrogen-bond acceptors (Lipinski definition) is 8. The lowest BCUT2D eigenvalue weighted by Gasteiger charge is -2.39. The van der Waals surface area contributed by atoms with E-state index >= 15 is 0 Å². The van der Waals surface area contributed by atoms with Crippen LogP contribution >= 0.6 is 0 Å². The van der Waals surface area contributed by atoms with Gasteiger partial charge in [-0.25, -0.2) is 19.5 Å². The normalized spacial score (nSPS) is 17.1. The maximum atomic E-state index is 13.1. The Kier molecular flexibility index (Phi) is 5.15. The Hall–Kier alpha value is -3.30. The minimum Gasteiger partial charge on any atom is -0.363 e. The van der Waals surface area contributed by atoms with Gasteiger partial charge >= 0.3 is 0 Å². The molecule has 0 bridgehead atoms. The van der Waals surface area contributed by atoms with E-state index in [0.717, 1.165) is 35.9 Å². The number of fused-ring (bicyclic) bond motifs is 1. The van der Waals surface area contributed by atoms with Crippen molar-refractivity contribution >= 4 is 23.3 Å². The van der Waals surface area contributed by atoms with E-state index in [1.807, 2.05) is 43.8 Å². The molecule has 1 amide bonds. The van der Waals surface area contributed by atoms with Crippen LogP contribution in [0, 0.1) is 13.8 Å². The van der Waals surface area contributed by atoms with Gasteiger partial charge in [0.1, 0.15) is 18.0 Å². The largest absolute Gasteiger partial charge is 0.363 e. The molecular formula is C22H29N9O. The molecule has 10 nitrogen and oxygen atoms in total. The van der Waals surface area contributed by atoms with Gasteiger partial charge in [-0.2, -0.15) is 4.98 Å². The lowest BCUT2D eigenvalue weighted by Crippen LogP contribution is -2.48. The standard InChI is InChI=1S/C22H29N9O/c1-14-11-15(2)31-22(25-14)26-20(27-31)21(32)29-9-7-17(8-10-29)30(16-5-6-16)19-12-18(28(3)4)23-13-24-19/h11-13,16-17H,5-10H2,1-4H3. The van der Waals surface area contributed by atoms with Gasteiger partial charge in [-0.05, 0) is 45.6 Å². The second-order valence-electron chi connectivity index (χ2n) is 8.98. The lowest BCUT2D eigenvalue weighted by molar-refractivity contribution is 0.0699. The van der Waals surface area contributed by atoms with Gasteiger partial charge in [0.25, 0.3) is 11.7 Å². The van der Waals surface area contributed by atoms with Crippen LogP contribution in [0.15, 0.2) is 18.5 Å². The highest BCUT2D eigenvalue weighted by atomic mass is 16.2. The minimum absolute atomic E-state index is 0.124. The molecule has 0 atom stereocenters.